The van der Waals surface area contributed by atoms with Crippen LogP contribution in [0.5, 0.6) is 0 Å². The lowest BCUT2D eigenvalue weighted by Crippen LogP contribution is -2.43. The van der Waals surface area contributed by atoms with Crippen LogP contribution in [0.25, 0.3) is 0 Å². The molecule has 1 aromatic carbocycles. The van der Waals surface area contributed by atoms with Crippen LogP contribution < -0.4 is 5.73 Å². The van der Waals surface area contributed by atoms with Crippen LogP contribution in [0.2, 0.25) is 0 Å². The van der Waals surface area contributed by atoms with E-state index in [0.29, 0.717) is 12.1 Å². The minimum Gasteiger partial charge on any atom is -0.326 e. The van der Waals surface area contributed by atoms with Gasteiger partial charge >= 0.3 is 0 Å². The van der Waals surface area contributed by atoms with Crippen molar-refractivity contribution in [1.29, 1.82) is 0 Å². The summed E-state index contributed by atoms with van der Waals surface area (Å²) in [6.45, 7) is 2.70. The molecule has 1 saturated heterocycles. The maximum atomic E-state index is 14.0. The standard InChI is InChI=1S/C15H23FN2O2S/c1-2-5-13-6-3-4-9-18(13)21(19,20)15-10-12(11-17)7-8-14(15)16/h7-8,10,13H,2-6,9,11,17H2,1H3. The Hall–Kier alpha value is -0.980. The van der Waals surface area contributed by atoms with Gasteiger partial charge in [-0.2, -0.15) is 4.31 Å². The predicted octanol–water partition coefficient (Wildman–Crippen LogP) is 2.63. The fourth-order valence-electron chi connectivity index (χ4n) is 2.91. The van der Waals surface area contributed by atoms with Crippen LogP contribution in [0.4, 0.5) is 4.39 Å². The van der Waals surface area contributed by atoms with E-state index in [1.807, 2.05) is 6.92 Å². The summed E-state index contributed by atoms with van der Waals surface area (Å²) in [5.74, 6) is -0.701. The van der Waals surface area contributed by atoms with Gasteiger partial charge in [-0.3, -0.25) is 0 Å². The first-order chi connectivity index (χ1) is 10.0. The van der Waals surface area contributed by atoms with E-state index in [-0.39, 0.29) is 17.5 Å². The average Bonchev–Trinajstić information content (AvgIpc) is 2.48. The molecule has 0 spiro atoms. The summed E-state index contributed by atoms with van der Waals surface area (Å²) in [6, 6.07) is 4.05. The quantitative estimate of drug-likeness (QED) is 0.908. The zero-order valence-corrected chi connectivity index (χ0v) is 13.2. The molecule has 1 unspecified atom stereocenters. The summed E-state index contributed by atoms with van der Waals surface area (Å²) in [7, 11) is -3.79. The van der Waals surface area contributed by atoms with Crippen LogP contribution in [0.1, 0.15) is 44.6 Å². The first kappa shape index (κ1) is 16.4. The van der Waals surface area contributed by atoms with Crippen LogP contribution in [0, 0.1) is 5.82 Å². The molecule has 4 nitrogen and oxygen atoms in total. The molecule has 0 radical (unpaired) electrons. The Kier molecular flexibility index (Phi) is 5.35. The van der Waals surface area contributed by atoms with Crippen LogP contribution in [-0.4, -0.2) is 25.3 Å². The maximum absolute atomic E-state index is 14.0. The highest BCUT2D eigenvalue weighted by atomic mass is 32.2. The van der Waals surface area contributed by atoms with E-state index in [0.717, 1.165) is 32.1 Å². The minimum absolute atomic E-state index is 0.0188. The number of nitrogens with two attached hydrogens (primary N) is 1. The van der Waals surface area contributed by atoms with E-state index < -0.39 is 15.8 Å². The van der Waals surface area contributed by atoms with Crippen molar-refractivity contribution in [3.8, 4) is 0 Å². The highest BCUT2D eigenvalue weighted by molar-refractivity contribution is 7.89. The van der Waals surface area contributed by atoms with Gasteiger partial charge < -0.3 is 5.73 Å². The van der Waals surface area contributed by atoms with E-state index in [1.165, 1.54) is 22.5 Å². The van der Waals surface area contributed by atoms with Crippen molar-refractivity contribution in [3.63, 3.8) is 0 Å². The minimum atomic E-state index is -3.79. The highest BCUT2D eigenvalue weighted by Gasteiger charge is 2.34. The van der Waals surface area contributed by atoms with Crippen LogP contribution >= 0.6 is 0 Å². The summed E-state index contributed by atoms with van der Waals surface area (Å²) in [5, 5.41) is 0. The Morgan fingerprint density at radius 3 is 2.81 bits per heavy atom. The van der Waals surface area contributed by atoms with Gasteiger partial charge in [0.2, 0.25) is 10.0 Å². The van der Waals surface area contributed by atoms with E-state index in [2.05, 4.69) is 0 Å². The molecule has 0 aromatic heterocycles. The third-order valence-corrected chi connectivity index (χ3v) is 5.98. The zero-order valence-electron chi connectivity index (χ0n) is 12.4. The molecule has 21 heavy (non-hydrogen) atoms. The molecule has 1 aliphatic heterocycles. The molecule has 1 aliphatic rings. The molecule has 1 heterocycles. The fourth-order valence-corrected chi connectivity index (χ4v) is 4.75. The number of sulfonamides is 1. The number of nitrogens with zero attached hydrogens (tertiary/aromatic N) is 1. The molecular formula is C15H23FN2O2S. The molecule has 2 rings (SSSR count). The lowest BCUT2D eigenvalue weighted by atomic mass is 10.0. The number of hydrogen-bond donors (Lipinski definition) is 1. The van der Waals surface area contributed by atoms with Gasteiger partial charge in [0.15, 0.2) is 0 Å². The number of hydrogen-bond acceptors (Lipinski definition) is 3. The number of benzene rings is 1. The van der Waals surface area contributed by atoms with Crippen LogP contribution in [0.3, 0.4) is 0 Å². The summed E-state index contributed by atoms with van der Waals surface area (Å²) in [5.41, 5.74) is 6.16. The Bertz CT molecular complexity index is 587. The van der Waals surface area contributed by atoms with Gasteiger partial charge in [0.1, 0.15) is 10.7 Å². The molecule has 118 valence electrons. The lowest BCUT2D eigenvalue weighted by Gasteiger charge is -2.34. The maximum Gasteiger partial charge on any atom is 0.246 e. The second-order valence-electron chi connectivity index (χ2n) is 5.52. The van der Waals surface area contributed by atoms with Crippen molar-refractivity contribution in [2.45, 2.75) is 56.5 Å². The Morgan fingerprint density at radius 2 is 2.14 bits per heavy atom. The Balaban J connectivity index is 2.40. The SMILES string of the molecule is CCCC1CCCCN1S(=O)(=O)c1cc(CN)ccc1F. The summed E-state index contributed by atoms with van der Waals surface area (Å²) < 4.78 is 41.1. The third kappa shape index (κ3) is 3.44. The van der Waals surface area contributed by atoms with Gasteiger partial charge in [-0.1, -0.05) is 25.8 Å². The Labute approximate surface area is 126 Å². The molecule has 1 aromatic rings. The molecular weight excluding hydrogens is 291 g/mol. The van der Waals surface area contributed by atoms with E-state index in [1.54, 1.807) is 0 Å². The second kappa shape index (κ2) is 6.85. The summed E-state index contributed by atoms with van der Waals surface area (Å²) in [4.78, 5) is -0.242. The van der Waals surface area contributed by atoms with Gasteiger partial charge in [0.25, 0.3) is 0 Å². The van der Waals surface area contributed by atoms with Crippen LogP contribution in [-0.2, 0) is 16.6 Å². The molecule has 0 saturated carbocycles. The normalized spacial score (nSPS) is 20.6. The smallest absolute Gasteiger partial charge is 0.246 e. The number of piperidine rings is 1. The van der Waals surface area contributed by atoms with E-state index in [4.69, 9.17) is 5.73 Å². The lowest BCUT2D eigenvalue weighted by molar-refractivity contribution is 0.239. The van der Waals surface area contributed by atoms with E-state index in [9.17, 15) is 12.8 Å². The molecule has 0 bridgehead atoms. The van der Waals surface area contributed by atoms with E-state index >= 15 is 0 Å². The average molecular weight is 314 g/mol. The van der Waals surface area contributed by atoms with Gasteiger partial charge in [-0.15, -0.1) is 0 Å². The molecule has 0 aliphatic carbocycles. The fraction of sp³-hybridized carbons (Fsp3) is 0.600. The monoisotopic (exact) mass is 314 g/mol. The van der Waals surface area contributed by atoms with Crippen molar-refractivity contribution in [1.82, 2.24) is 4.31 Å². The number of halogens is 1. The summed E-state index contributed by atoms with van der Waals surface area (Å²) in [6.07, 6.45) is 4.45. The largest absolute Gasteiger partial charge is 0.326 e. The molecule has 0 amide bonds. The van der Waals surface area contributed by atoms with Crippen molar-refractivity contribution in [3.05, 3.63) is 29.6 Å². The number of rotatable bonds is 5. The highest BCUT2D eigenvalue weighted by Crippen LogP contribution is 2.29. The molecule has 2 N–H and O–H groups in total. The molecule has 6 heteroatoms. The Morgan fingerprint density at radius 1 is 1.38 bits per heavy atom. The molecule has 1 fully saturated rings. The summed E-state index contributed by atoms with van der Waals surface area (Å²) >= 11 is 0. The van der Waals surface area contributed by atoms with Crippen molar-refractivity contribution < 1.29 is 12.8 Å². The second-order valence-corrected chi connectivity index (χ2v) is 7.38. The first-order valence-corrected chi connectivity index (χ1v) is 8.95. The van der Waals surface area contributed by atoms with Crippen molar-refractivity contribution in [2.24, 2.45) is 5.73 Å². The topological polar surface area (TPSA) is 63.4 Å². The van der Waals surface area contributed by atoms with Crippen molar-refractivity contribution >= 4 is 10.0 Å². The zero-order chi connectivity index (χ0) is 15.5. The third-order valence-electron chi connectivity index (χ3n) is 4.01. The van der Waals surface area contributed by atoms with Crippen molar-refractivity contribution in [2.75, 3.05) is 6.54 Å². The molecule has 1 atom stereocenters. The van der Waals surface area contributed by atoms with Gasteiger partial charge in [0.05, 0.1) is 0 Å². The van der Waals surface area contributed by atoms with Crippen LogP contribution in [0.15, 0.2) is 23.1 Å². The predicted molar refractivity (Wildman–Crippen MR) is 80.7 cm³/mol. The van der Waals surface area contributed by atoms with Gasteiger partial charge in [-0.25, -0.2) is 12.8 Å². The first-order valence-electron chi connectivity index (χ1n) is 7.51. The van der Waals surface area contributed by atoms with Gasteiger partial charge in [0, 0.05) is 19.1 Å². The van der Waals surface area contributed by atoms with Gasteiger partial charge in [-0.05, 0) is 37.0 Å².